The number of nitrogens with one attached hydrogen (secondary N) is 12. The molecule has 1 aromatic carbocycles. The van der Waals surface area contributed by atoms with Gasteiger partial charge >= 0.3 is 5.97 Å². The maximum absolute atomic E-state index is 14.4. The fraction of sp³-hybridized carbons (Fsp3) is 0.672. The van der Waals surface area contributed by atoms with Gasteiger partial charge in [0.15, 0.2) is 5.96 Å². The van der Waals surface area contributed by atoms with Crippen molar-refractivity contribution in [3.8, 4) is 0 Å². The van der Waals surface area contributed by atoms with Gasteiger partial charge < -0.3 is 95.3 Å². The summed E-state index contributed by atoms with van der Waals surface area (Å²) in [5, 5.41) is 61.8. The SMILES string of the molecule is CC[C@H](C)[C@H](NC(=O)[C@@H](Cc1ccccc1)NC)C(=O)N[C@@H](CO)C(=O)N[C@H](CCC(N)=O)C(=O)N[C@@H](C(=O)N[C@H](C(=O)N[C@@H](CO)C(=O)N[C@H]1C(=O)N[C@@H](C)C(=O)N[C@@H](C[C@H]2CN=C(N)N2)C(=O)N[C@@H]([C@@H](C)CCO)C(=O)O[C@H]1C)[C@@H](C)CC)[C@@H](C)CC. The molecule has 2 aliphatic heterocycles. The molecule has 17 atom stereocenters. The number of guanidine groups is 1. The molecule has 0 saturated carbocycles. The highest BCUT2D eigenvalue weighted by Gasteiger charge is 2.42. The number of cyclic esters (lactones) is 1. The lowest BCUT2D eigenvalue weighted by Gasteiger charge is -2.31. The highest BCUT2D eigenvalue weighted by Crippen LogP contribution is 2.18. The van der Waals surface area contributed by atoms with Crippen LogP contribution in [0.4, 0.5) is 0 Å². The molecule has 0 aliphatic carbocycles. The molecule has 0 aromatic heterocycles. The van der Waals surface area contributed by atoms with Gasteiger partial charge in [-0.15, -0.1) is 0 Å². The van der Waals surface area contributed by atoms with Crippen LogP contribution < -0.4 is 75.3 Å². The summed E-state index contributed by atoms with van der Waals surface area (Å²) in [6.07, 6.45) is -1.29. The van der Waals surface area contributed by atoms with Crippen LogP contribution in [0.1, 0.15) is 113 Å². The third-order valence-electron chi connectivity index (χ3n) is 16.1. The molecule has 0 spiro atoms. The number of esters is 1. The number of aliphatic hydroxyl groups is 3. The van der Waals surface area contributed by atoms with Crippen LogP contribution in [0.2, 0.25) is 0 Å². The number of carbonyl (C=O) groups is 12. The van der Waals surface area contributed by atoms with E-state index in [1.165, 1.54) is 13.8 Å². The molecule has 3 rings (SSSR count). The van der Waals surface area contributed by atoms with Gasteiger partial charge in [0.05, 0.1) is 31.8 Å². The molecule has 31 heteroatoms. The summed E-state index contributed by atoms with van der Waals surface area (Å²) in [4.78, 5) is 170. The van der Waals surface area contributed by atoms with Crippen molar-refractivity contribution >= 4 is 76.9 Å². The normalized spacial score (nSPS) is 22.6. The zero-order chi connectivity index (χ0) is 66.8. The molecule has 498 valence electrons. The molecule has 1 aromatic rings. The van der Waals surface area contributed by atoms with E-state index in [1.807, 2.05) is 30.3 Å². The van der Waals surface area contributed by atoms with Gasteiger partial charge in [-0.25, -0.2) is 4.79 Å². The van der Waals surface area contributed by atoms with E-state index in [2.05, 4.69) is 68.8 Å². The molecule has 2 aliphatic rings. The van der Waals surface area contributed by atoms with E-state index in [-0.39, 0.29) is 38.2 Å². The van der Waals surface area contributed by atoms with Crippen LogP contribution in [-0.2, 0) is 68.7 Å². The summed E-state index contributed by atoms with van der Waals surface area (Å²) in [6.45, 7) is 11.8. The first-order valence-corrected chi connectivity index (χ1v) is 30.2. The lowest BCUT2D eigenvalue weighted by atomic mass is 9.94. The Labute approximate surface area is 518 Å². The van der Waals surface area contributed by atoms with Crippen LogP contribution in [0.25, 0.3) is 0 Å². The zero-order valence-electron chi connectivity index (χ0n) is 52.4. The van der Waals surface area contributed by atoms with E-state index >= 15 is 0 Å². The number of nitrogens with two attached hydrogens (primary N) is 2. The number of aliphatic imine (C=N–C) groups is 1. The molecule has 89 heavy (non-hydrogen) atoms. The van der Waals surface area contributed by atoms with Gasteiger partial charge in [0.25, 0.3) is 0 Å². The topological polar surface area (TPSA) is 484 Å². The van der Waals surface area contributed by atoms with E-state index in [0.717, 1.165) is 5.56 Å². The highest BCUT2D eigenvalue weighted by molar-refractivity contribution is 5.99. The fourth-order valence-corrected chi connectivity index (χ4v) is 9.63. The zero-order valence-corrected chi connectivity index (χ0v) is 52.4. The van der Waals surface area contributed by atoms with Gasteiger partial charge in [-0.05, 0) is 75.8 Å². The molecule has 19 N–H and O–H groups in total. The standard InChI is InChI=1S/C58H95N15O16/c1-11-28(4)42(70-49(80)37(61-10)23-34-17-15-14-16-18-34)53(84)67-39(26-75)51(82)65-36(19-20-41(59)77)48(79)69-44(30(6)13-3)55(86)71-43(29(5)12-2)54(85)68-40(27-76)52(83)73-46-33(9)89-57(88)45(31(7)21-22-74)72-50(81)38(24-35-25-62-58(60)64-35)66-47(78)32(8)63-56(46)87/h14-18,28-33,35-40,42-46,61,74-76H,11-13,19-27H2,1-10H3,(H2,59,77)(H,63,87)(H,65,82)(H,66,78)(H,67,84)(H,68,85)(H,69,79)(H,70,80)(H,71,86)(H,72,81)(H,73,83)(H3,60,62,64)/t28-,29-,30-,31-,32-,33-,35-,36+,37+,38-,39-,40-,42-,43-,44+,45-,46+/m0/s1. The first kappa shape index (κ1) is 75.2. The monoisotopic (exact) mass is 1260 g/mol. The fourth-order valence-electron chi connectivity index (χ4n) is 9.63. The van der Waals surface area contributed by atoms with E-state index in [9.17, 15) is 72.9 Å². The number of nitrogens with zero attached hydrogens (tertiary/aromatic N) is 1. The summed E-state index contributed by atoms with van der Waals surface area (Å²) in [5.41, 5.74) is 12.1. The molecule has 31 nitrogen and oxygen atoms in total. The Balaban J connectivity index is 1.86. The number of ether oxygens (including phenoxy) is 1. The van der Waals surface area contributed by atoms with Gasteiger partial charge in [0.2, 0.25) is 65.0 Å². The number of carbonyl (C=O) groups excluding carboxylic acids is 12. The van der Waals surface area contributed by atoms with Crippen molar-refractivity contribution in [1.82, 2.24) is 63.8 Å². The second-order valence-corrected chi connectivity index (χ2v) is 22.9. The molecular formula is C58H95N15O16. The van der Waals surface area contributed by atoms with Gasteiger partial charge in [0, 0.05) is 13.0 Å². The Hall–Kier alpha value is -8.03. The average Bonchev–Trinajstić information content (AvgIpc) is 4.21. The Morgan fingerprint density at radius 1 is 0.629 bits per heavy atom. The number of primary amides is 1. The summed E-state index contributed by atoms with van der Waals surface area (Å²) < 4.78 is 5.69. The van der Waals surface area contributed by atoms with Crippen LogP contribution in [0.3, 0.4) is 0 Å². The first-order chi connectivity index (χ1) is 42.1. The third-order valence-corrected chi connectivity index (χ3v) is 16.1. The second-order valence-electron chi connectivity index (χ2n) is 22.9. The molecule has 2 heterocycles. The Morgan fingerprint density at radius 2 is 1.12 bits per heavy atom. The van der Waals surface area contributed by atoms with Crippen molar-refractivity contribution in [1.29, 1.82) is 0 Å². The Bertz CT molecular complexity index is 2630. The van der Waals surface area contributed by atoms with Crippen molar-refractivity contribution in [2.45, 2.75) is 192 Å². The van der Waals surface area contributed by atoms with Crippen molar-refractivity contribution in [2.24, 2.45) is 40.1 Å². The van der Waals surface area contributed by atoms with Crippen molar-refractivity contribution < 1.29 is 77.6 Å². The summed E-state index contributed by atoms with van der Waals surface area (Å²) in [7, 11) is 1.59. The van der Waals surface area contributed by atoms with Gasteiger partial charge in [-0.2, -0.15) is 0 Å². The molecule has 1 saturated heterocycles. The summed E-state index contributed by atoms with van der Waals surface area (Å²) in [5.74, 6) is -13.7. The number of rotatable bonds is 33. The number of likely N-dealkylation sites (N-methyl/N-ethyl adjacent to an activating group) is 1. The molecule has 0 bridgehead atoms. The number of hydrogen-bond acceptors (Lipinski definition) is 20. The Kier molecular flexibility index (Phi) is 31.3. The lowest BCUT2D eigenvalue weighted by molar-refractivity contribution is -0.157. The number of aliphatic hydroxyl groups excluding tert-OH is 3. The van der Waals surface area contributed by atoms with Crippen LogP contribution in [0.5, 0.6) is 0 Å². The minimum Gasteiger partial charge on any atom is -0.458 e. The van der Waals surface area contributed by atoms with Gasteiger partial charge in [0.1, 0.15) is 66.5 Å². The van der Waals surface area contributed by atoms with Gasteiger partial charge in [-0.1, -0.05) is 98.1 Å². The van der Waals surface area contributed by atoms with Crippen molar-refractivity contribution in [3.05, 3.63) is 35.9 Å². The Morgan fingerprint density at radius 3 is 1.61 bits per heavy atom. The van der Waals surface area contributed by atoms with E-state index < -0.39 is 206 Å². The smallest absolute Gasteiger partial charge is 0.329 e. The van der Waals surface area contributed by atoms with Crippen molar-refractivity contribution in [2.75, 3.05) is 33.4 Å². The minimum absolute atomic E-state index is 0.00528. The van der Waals surface area contributed by atoms with Gasteiger partial charge in [-0.3, -0.25) is 57.7 Å². The van der Waals surface area contributed by atoms with Crippen LogP contribution >= 0.6 is 0 Å². The van der Waals surface area contributed by atoms with Crippen LogP contribution in [-0.4, -0.2) is 204 Å². The second kappa shape index (κ2) is 37.1. The third kappa shape index (κ3) is 23.1. The molecule has 1 fully saturated rings. The molecule has 0 unspecified atom stereocenters. The minimum atomic E-state index is -1.85. The maximum atomic E-state index is 14.4. The number of hydrogen-bond donors (Lipinski definition) is 17. The predicted molar refractivity (Wildman–Crippen MR) is 323 cm³/mol. The predicted octanol–water partition coefficient (Wildman–Crippen LogP) is -5.29. The lowest BCUT2D eigenvalue weighted by Crippen LogP contribution is -2.63. The maximum Gasteiger partial charge on any atom is 0.329 e. The van der Waals surface area contributed by atoms with E-state index in [0.29, 0.717) is 12.8 Å². The van der Waals surface area contributed by atoms with E-state index in [4.69, 9.17) is 16.2 Å². The highest BCUT2D eigenvalue weighted by atomic mass is 16.5. The van der Waals surface area contributed by atoms with Crippen LogP contribution in [0.15, 0.2) is 35.3 Å². The summed E-state index contributed by atoms with van der Waals surface area (Å²) in [6, 6.07) is -7.29. The quantitative estimate of drug-likeness (QED) is 0.0292. The largest absolute Gasteiger partial charge is 0.458 e. The number of benzene rings is 1. The van der Waals surface area contributed by atoms with Crippen LogP contribution in [0, 0.1) is 23.7 Å². The summed E-state index contributed by atoms with van der Waals surface area (Å²) >= 11 is 0. The average molecular weight is 1260 g/mol. The molecule has 0 radical (unpaired) electrons. The van der Waals surface area contributed by atoms with Crippen molar-refractivity contribution in [3.63, 3.8) is 0 Å². The molecular weight excluding hydrogens is 1160 g/mol. The first-order valence-electron chi connectivity index (χ1n) is 30.2. The number of amides is 11. The molecule has 11 amide bonds. The van der Waals surface area contributed by atoms with E-state index in [1.54, 1.807) is 55.5 Å².